The molecule has 1 aliphatic heterocycles. The summed E-state index contributed by atoms with van der Waals surface area (Å²) in [5, 5.41) is 14.4. The van der Waals surface area contributed by atoms with Crippen LogP contribution in [0.25, 0.3) is 0 Å². The molecule has 1 fully saturated rings. The predicted molar refractivity (Wildman–Crippen MR) is 69.5 cm³/mol. The molecule has 0 spiro atoms. The second-order valence-electron chi connectivity index (χ2n) is 4.00. The highest BCUT2D eigenvalue weighted by atomic mass is 32.2. The van der Waals surface area contributed by atoms with E-state index in [4.69, 9.17) is 0 Å². The van der Waals surface area contributed by atoms with Gasteiger partial charge in [0.25, 0.3) is 0 Å². The van der Waals surface area contributed by atoms with Crippen molar-refractivity contribution < 1.29 is 4.92 Å². The number of hydrogen-bond acceptors (Lipinski definition) is 5. The van der Waals surface area contributed by atoms with Gasteiger partial charge in [-0.2, -0.15) is 11.8 Å². The Hall–Kier alpha value is -1.30. The van der Waals surface area contributed by atoms with Gasteiger partial charge in [-0.05, 0) is 24.7 Å². The van der Waals surface area contributed by atoms with Gasteiger partial charge in [0.2, 0.25) is 5.82 Å². The number of thioether (sulfide) groups is 1. The van der Waals surface area contributed by atoms with E-state index in [-0.39, 0.29) is 5.69 Å². The van der Waals surface area contributed by atoms with Gasteiger partial charge in [-0.1, -0.05) is 6.42 Å². The molecule has 17 heavy (non-hydrogen) atoms. The average Bonchev–Trinajstić information content (AvgIpc) is 2.38. The molecule has 2 rings (SSSR count). The summed E-state index contributed by atoms with van der Waals surface area (Å²) in [6.07, 6.45) is 5.29. The molecule has 0 radical (unpaired) electrons. The van der Waals surface area contributed by atoms with Crippen LogP contribution in [-0.4, -0.2) is 27.5 Å². The summed E-state index contributed by atoms with van der Waals surface area (Å²) in [5.41, 5.74) is 0.0494. The van der Waals surface area contributed by atoms with Crippen molar-refractivity contribution in [1.82, 2.24) is 4.98 Å². The molecular weight excluding hydrogens is 238 g/mol. The minimum atomic E-state index is -0.399. The van der Waals surface area contributed by atoms with E-state index in [0.29, 0.717) is 11.1 Å². The standard InChI is InChI=1S/C11H15N3O2S/c15-14(16)10-5-3-6-12-11(10)13-8-9-4-1-2-7-17-9/h3,5-6,9H,1-2,4,7-8H2,(H,12,13). The van der Waals surface area contributed by atoms with Gasteiger partial charge in [-0.25, -0.2) is 4.98 Å². The maximum Gasteiger partial charge on any atom is 0.311 e. The lowest BCUT2D eigenvalue weighted by Crippen LogP contribution is -2.20. The number of aromatic nitrogens is 1. The Balaban J connectivity index is 1.96. The third kappa shape index (κ3) is 3.33. The summed E-state index contributed by atoms with van der Waals surface area (Å²) >= 11 is 1.94. The average molecular weight is 253 g/mol. The topological polar surface area (TPSA) is 68.1 Å². The van der Waals surface area contributed by atoms with Crippen LogP contribution in [0.3, 0.4) is 0 Å². The highest BCUT2D eigenvalue weighted by Gasteiger charge is 2.17. The summed E-state index contributed by atoms with van der Waals surface area (Å²) in [7, 11) is 0. The third-order valence-electron chi connectivity index (χ3n) is 2.75. The van der Waals surface area contributed by atoms with Gasteiger partial charge in [0.15, 0.2) is 0 Å². The van der Waals surface area contributed by atoms with Gasteiger partial charge < -0.3 is 5.32 Å². The molecule has 1 saturated heterocycles. The van der Waals surface area contributed by atoms with Crippen molar-refractivity contribution in [3.05, 3.63) is 28.4 Å². The fourth-order valence-electron chi connectivity index (χ4n) is 1.86. The fourth-order valence-corrected chi connectivity index (χ4v) is 3.10. The molecule has 6 heteroatoms. The fraction of sp³-hybridized carbons (Fsp3) is 0.545. The number of nitrogens with zero attached hydrogens (tertiary/aromatic N) is 2. The van der Waals surface area contributed by atoms with Crippen LogP contribution >= 0.6 is 11.8 Å². The first-order chi connectivity index (χ1) is 8.27. The highest BCUT2D eigenvalue weighted by molar-refractivity contribution is 7.99. The number of pyridine rings is 1. The minimum absolute atomic E-state index is 0.0494. The summed E-state index contributed by atoms with van der Waals surface area (Å²) < 4.78 is 0. The predicted octanol–water partition coefficient (Wildman–Crippen LogP) is 2.69. The van der Waals surface area contributed by atoms with Crippen molar-refractivity contribution in [1.29, 1.82) is 0 Å². The Morgan fingerprint density at radius 3 is 3.18 bits per heavy atom. The van der Waals surface area contributed by atoms with Crippen LogP contribution in [-0.2, 0) is 0 Å². The van der Waals surface area contributed by atoms with E-state index in [2.05, 4.69) is 10.3 Å². The molecule has 1 atom stereocenters. The molecule has 5 nitrogen and oxygen atoms in total. The molecule has 0 amide bonds. The zero-order valence-corrected chi connectivity index (χ0v) is 10.3. The second-order valence-corrected chi connectivity index (χ2v) is 5.41. The van der Waals surface area contributed by atoms with E-state index in [1.807, 2.05) is 11.8 Å². The highest BCUT2D eigenvalue weighted by Crippen LogP contribution is 2.26. The van der Waals surface area contributed by atoms with E-state index in [1.54, 1.807) is 12.3 Å². The first-order valence-electron chi connectivity index (χ1n) is 5.72. The van der Waals surface area contributed by atoms with Gasteiger partial charge in [-0.3, -0.25) is 10.1 Å². The lowest BCUT2D eigenvalue weighted by atomic mass is 10.2. The van der Waals surface area contributed by atoms with Crippen molar-refractivity contribution >= 4 is 23.3 Å². The Morgan fingerprint density at radius 1 is 1.59 bits per heavy atom. The quantitative estimate of drug-likeness (QED) is 0.660. The smallest absolute Gasteiger partial charge is 0.311 e. The van der Waals surface area contributed by atoms with Crippen LogP contribution in [0.1, 0.15) is 19.3 Å². The van der Waals surface area contributed by atoms with Gasteiger partial charge >= 0.3 is 5.69 Å². The summed E-state index contributed by atoms with van der Waals surface area (Å²) in [4.78, 5) is 14.4. The lowest BCUT2D eigenvalue weighted by molar-refractivity contribution is -0.384. The minimum Gasteiger partial charge on any atom is -0.363 e. The molecule has 1 aromatic heterocycles. The van der Waals surface area contributed by atoms with E-state index >= 15 is 0 Å². The molecule has 2 heterocycles. The Morgan fingerprint density at radius 2 is 2.47 bits per heavy atom. The Kier molecular flexibility index (Phi) is 4.19. The van der Waals surface area contributed by atoms with Crippen molar-refractivity contribution in [2.24, 2.45) is 0 Å². The van der Waals surface area contributed by atoms with Crippen LogP contribution < -0.4 is 5.32 Å². The summed E-state index contributed by atoms with van der Waals surface area (Å²) in [6, 6.07) is 3.06. The Bertz CT molecular complexity index is 394. The van der Waals surface area contributed by atoms with Crippen molar-refractivity contribution in [2.75, 3.05) is 17.6 Å². The van der Waals surface area contributed by atoms with Gasteiger partial charge in [0.05, 0.1) is 4.92 Å². The monoisotopic (exact) mass is 253 g/mol. The molecule has 1 unspecified atom stereocenters. The maximum absolute atomic E-state index is 10.8. The van der Waals surface area contributed by atoms with Crippen LogP contribution in [0.5, 0.6) is 0 Å². The van der Waals surface area contributed by atoms with Gasteiger partial charge in [0.1, 0.15) is 0 Å². The number of nitrogens with one attached hydrogen (secondary N) is 1. The lowest BCUT2D eigenvalue weighted by Gasteiger charge is -2.21. The van der Waals surface area contributed by atoms with Crippen LogP contribution in [0, 0.1) is 10.1 Å². The maximum atomic E-state index is 10.8. The second kappa shape index (κ2) is 5.86. The largest absolute Gasteiger partial charge is 0.363 e. The third-order valence-corrected chi connectivity index (χ3v) is 4.15. The van der Waals surface area contributed by atoms with Crippen molar-refractivity contribution in [3.8, 4) is 0 Å². The molecule has 0 aliphatic carbocycles. The van der Waals surface area contributed by atoms with Gasteiger partial charge in [0, 0.05) is 24.1 Å². The number of hydrogen-bond donors (Lipinski definition) is 1. The van der Waals surface area contributed by atoms with Crippen molar-refractivity contribution in [3.63, 3.8) is 0 Å². The SMILES string of the molecule is O=[N+]([O-])c1cccnc1NCC1CCCCS1. The van der Waals surface area contributed by atoms with Gasteiger partial charge in [-0.15, -0.1) is 0 Å². The number of rotatable bonds is 4. The summed E-state index contributed by atoms with van der Waals surface area (Å²) in [5.74, 6) is 1.57. The van der Waals surface area contributed by atoms with E-state index < -0.39 is 4.92 Å². The molecule has 1 aliphatic rings. The van der Waals surface area contributed by atoms with Crippen LogP contribution in [0.15, 0.2) is 18.3 Å². The molecule has 92 valence electrons. The van der Waals surface area contributed by atoms with E-state index in [1.165, 1.54) is 31.1 Å². The molecule has 0 saturated carbocycles. The Labute approximate surface area is 104 Å². The van der Waals surface area contributed by atoms with E-state index in [9.17, 15) is 10.1 Å². The summed E-state index contributed by atoms with van der Waals surface area (Å²) in [6.45, 7) is 0.752. The molecule has 0 bridgehead atoms. The molecular formula is C11H15N3O2S. The normalized spacial score (nSPS) is 19.9. The number of nitro groups is 1. The molecule has 1 N–H and O–H groups in total. The first-order valence-corrected chi connectivity index (χ1v) is 6.77. The first kappa shape index (κ1) is 12.2. The molecule has 0 aromatic carbocycles. The van der Waals surface area contributed by atoms with Crippen LogP contribution in [0.2, 0.25) is 0 Å². The zero-order chi connectivity index (χ0) is 12.1. The van der Waals surface area contributed by atoms with Crippen molar-refractivity contribution in [2.45, 2.75) is 24.5 Å². The van der Waals surface area contributed by atoms with E-state index in [0.717, 1.165) is 6.54 Å². The number of anilines is 1. The molecule has 1 aromatic rings. The van der Waals surface area contributed by atoms with Crippen LogP contribution in [0.4, 0.5) is 11.5 Å². The zero-order valence-electron chi connectivity index (χ0n) is 9.46.